The van der Waals surface area contributed by atoms with Gasteiger partial charge in [0.15, 0.2) is 0 Å². The number of hydrogen-bond donors (Lipinski definition) is 0. The summed E-state index contributed by atoms with van der Waals surface area (Å²) in [4.78, 5) is 25.9. The molecule has 0 spiro atoms. The molecule has 0 radical (unpaired) electrons. The van der Waals surface area contributed by atoms with Gasteiger partial charge < -0.3 is 4.74 Å². The number of rotatable bonds is 2. The maximum absolute atomic E-state index is 12.9. The van der Waals surface area contributed by atoms with Gasteiger partial charge in [0.2, 0.25) is 0 Å². The Bertz CT molecular complexity index is 579. The molecule has 4 atom stereocenters. The van der Waals surface area contributed by atoms with Crippen LogP contribution in [-0.2, 0) is 14.3 Å². The molecule has 3 heteroatoms. The van der Waals surface area contributed by atoms with E-state index in [1.54, 1.807) is 0 Å². The fourth-order valence-electron chi connectivity index (χ4n) is 6.75. The molecule has 0 heterocycles. The Kier molecular flexibility index (Phi) is 2.59. The molecule has 0 N–H and O–H groups in total. The standard InChI is InChI=1S/C20H30O3/c1-15(2)13(21)17(5)7-9-19(15,11-17)23-20-10-8-18(6,12-20)14(22)16(20,3)4/h7-12H2,1-6H3. The molecule has 4 rings (SSSR count). The molecule has 0 aromatic heterocycles. The summed E-state index contributed by atoms with van der Waals surface area (Å²) in [6.07, 6.45) is 5.41. The predicted octanol–water partition coefficient (Wildman–Crippen LogP) is 4.08. The Hall–Kier alpha value is -0.700. The molecule has 3 nitrogen and oxygen atoms in total. The summed E-state index contributed by atoms with van der Waals surface area (Å²) in [7, 11) is 0. The van der Waals surface area contributed by atoms with Crippen LogP contribution in [0.3, 0.4) is 0 Å². The summed E-state index contributed by atoms with van der Waals surface area (Å²) in [6, 6.07) is 0. The zero-order valence-electron chi connectivity index (χ0n) is 15.5. The largest absolute Gasteiger partial charge is 0.366 e. The van der Waals surface area contributed by atoms with Crippen molar-refractivity contribution >= 4 is 11.6 Å². The molecule has 0 aliphatic heterocycles. The minimum atomic E-state index is -0.449. The van der Waals surface area contributed by atoms with Crippen LogP contribution in [0.15, 0.2) is 0 Å². The Labute approximate surface area is 139 Å². The Balaban J connectivity index is 1.77. The Morgan fingerprint density at radius 1 is 0.652 bits per heavy atom. The lowest BCUT2D eigenvalue weighted by Crippen LogP contribution is -2.57. The second-order valence-corrected chi connectivity index (χ2v) is 10.5. The number of ether oxygens (including phenoxy) is 1. The highest BCUT2D eigenvalue weighted by Gasteiger charge is 2.75. The Morgan fingerprint density at radius 3 is 1.26 bits per heavy atom. The molecule has 4 unspecified atom stereocenters. The maximum Gasteiger partial charge on any atom is 0.147 e. The van der Waals surface area contributed by atoms with Crippen molar-refractivity contribution in [3.63, 3.8) is 0 Å². The van der Waals surface area contributed by atoms with Crippen molar-refractivity contribution in [2.45, 2.75) is 91.3 Å². The summed E-state index contributed by atoms with van der Waals surface area (Å²) >= 11 is 0. The van der Waals surface area contributed by atoms with Crippen LogP contribution in [0.1, 0.15) is 80.1 Å². The van der Waals surface area contributed by atoms with Gasteiger partial charge in [-0.15, -0.1) is 0 Å². The fraction of sp³-hybridized carbons (Fsp3) is 0.900. The smallest absolute Gasteiger partial charge is 0.147 e. The van der Waals surface area contributed by atoms with Crippen molar-refractivity contribution in [1.29, 1.82) is 0 Å². The van der Waals surface area contributed by atoms with E-state index in [9.17, 15) is 9.59 Å². The molecule has 23 heavy (non-hydrogen) atoms. The van der Waals surface area contributed by atoms with Crippen molar-refractivity contribution in [2.24, 2.45) is 21.7 Å². The quantitative estimate of drug-likeness (QED) is 0.770. The van der Waals surface area contributed by atoms with Gasteiger partial charge in [0.1, 0.15) is 11.6 Å². The lowest BCUT2D eigenvalue weighted by atomic mass is 9.67. The van der Waals surface area contributed by atoms with E-state index in [2.05, 4.69) is 41.5 Å². The number of carbonyl (C=O) groups excluding carboxylic acids is 2. The van der Waals surface area contributed by atoms with E-state index in [-0.39, 0.29) is 22.0 Å². The van der Waals surface area contributed by atoms with Gasteiger partial charge in [-0.1, -0.05) is 41.5 Å². The SMILES string of the molecule is CC12CCC(OC34CCC(C)(C3)C(=O)C4(C)C)(C1)C(C)(C)C2=O. The van der Waals surface area contributed by atoms with Gasteiger partial charge >= 0.3 is 0 Å². The average molecular weight is 318 g/mol. The van der Waals surface area contributed by atoms with Gasteiger partial charge in [0.25, 0.3) is 0 Å². The Morgan fingerprint density at radius 2 is 1.00 bits per heavy atom. The van der Waals surface area contributed by atoms with Crippen LogP contribution < -0.4 is 0 Å². The monoisotopic (exact) mass is 318 g/mol. The first-order valence-corrected chi connectivity index (χ1v) is 9.14. The second-order valence-electron chi connectivity index (χ2n) is 10.5. The summed E-state index contributed by atoms with van der Waals surface area (Å²) in [5.41, 5.74) is -2.12. The highest BCUT2D eigenvalue weighted by atomic mass is 16.5. The van der Waals surface area contributed by atoms with Gasteiger partial charge in [0, 0.05) is 10.8 Å². The number of carbonyl (C=O) groups is 2. The third-order valence-corrected chi connectivity index (χ3v) is 8.41. The maximum atomic E-state index is 12.9. The van der Waals surface area contributed by atoms with Crippen molar-refractivity contribution in [1.82, 2.24) is 0 Å². The van der Waals surface area contributed by atoms with Crippen molar-refractivity contribution < 1.29 is 14.3 Å². The van der Waals surface area contributed by atoms with Gasteiger partial charge in [-0.05, 0) is 38.5 Å². The first kappa shape index (κ1) is 15.8. The summed E-state index contributed by atoms with van der Waals surface area (Å²) < 4.78 is 6.99. The second kappa shape index (κ2) is 3.76. The molecular weight excluding hydrogens is 288 g/mol. The van der Waals surface area contributed by atoms with Crippen LogP contribution in [0, 0.1) is 21.7 Å². The van der Waals surface area contributed by atoms with E-state index in [1.807, 2.05) is 0 Å². The summed E-state index contributed by atoms with van der Waals surface area (Å²) in [5.74, 6) is 0.714. The van der Waals surface area contributed by atoms with Crippen LogP contribution in [0.5, 0.6) is 0 Å². The third-order valence-electron chi connectivity index (χ3n) is 8.41. The predicted molar refractivity (Wildman–Crippen MR) is 88.0 cm³/mol. The van der Waals surface area contributed by atoms with Crippen LogP contribution in [0.2, 0.25) is 0 Å². The zero-order chi connectivity index (χ0) is 17.1. The van der Waals surface area contributed by atoms with Gasteiger partial charge in [-0.25, -0.2) is 0 Å². The molecular formula is C20H30O3. The van der Waals surface area contributed by atoms with Crippen LogP contribution in [0.4, 0.5) is 0 Å². The molecule has 0 amide bonds. The molecule has 4 aliphatic rings. The topological polar surface area (TPSA) is 43.4 Å². The van der Waals surface area contributed by atoms with Crippen LogP contribution in [0.25, 0.3) is 0 Å². The highest BCUT2D eigenvalue weighted by molar-refractivity contribution is 5.96. The molecule has 4 fully saturated rings. The van der Waals surface area contributed by atoms with Crippen LogP contribution >= 0.6 is 0 Å². The van der Waals surface area contributed by atoms with Crippen molar-refractivity contribution in [2.75, 3.05) is 0 Å². The lowest BCUT2D eigenvalue weighted by molar-refractivity contribution is -0.220. The van der Waals surface area contributed by atoms with E-state index in [4.69, 9.17) is 4.74 Å². The van der Waals surface area contributed by atoms with E-state index in [1.165, 1.54) is 0 Å². The molecule has 4 aliphatic carbocycles. The molecule has 0 aromatic rings. The van der Waals surface area contributed by atoms with E-state index < -0.39 is 10.8 Å². The van der Waals surface area contributed by atoms with Crippen molar-refractivity contribution in [3.8, 4) is 0 Å². The molecule has 4 saturated carbocycles. The minimum Gasteiger partial charge on any atom is -0.366 e. The molecule has 128 valence electrons. The summed E-state index contributed by atoms with van der Waals surface area (Å²) in [5, 5.41) is 0. The van der Waals surface area contributed by atoms with Gasteiger partial charge in [-0.3, -0.25) is 9.59 Å². The number of hydrogen-bond acceptors (Lipinski definition) is 3. The highest BCUT2D eigenvalue weighted by Crippen LogP contribution is 2.70. The van der Waals surface area contributed by atoms with Crippen molar-refractivity contribution in [3.05, 3.63) is 0 Å². The normalized spacial score (nSPS) is 52.6. The van der Waals surface area contributed by atoms with E-state index in [0.717, 1.165) is 38.5 Å². The molecule has 0 aromatic carbocycles. The number of Topliss-reactive ketones (excluding diaryl/α,β-unsaturated/α-hetero) is 2. The van der Waals surface area contributed by atoms with E-state index >= 15 is 0 Å². The van der Waals surface area contributed by atoms with Crippen LogP contribution in [-0.4, -0.2) is 22.8 Å². The summed E-state index contributed by atoms with van der Waals surface area (Å²) in [6.45, 7) is 12.5. The first-order valence-electron chi connectivity index (χ1n) is 9.14. The van der Waals surface area contributed by atoms with E-state index in [0.29, 0.717) is 11.6 Å². The lowest BCUT2D eigenvalue weighted by Gasteiger charge is -2.50. The zero-order valence-corrected chi connectivity index (χ0v) is 15.5. The number of fused-ring (bicyclic) bond motifs is 4. The van der Waals surface area contributed by atoms with Gasteiger partial charge in [-0.2, -0.15) is 0 Å². The van der Waals surface area contributed by atoms with Gasteiger partial charge in [0.05, 0.1) is 22.0 Å². The first-order chi connectivity index (χ1) is 10.3. The fourth-order valence-corrected chi connectivity index (χ4v) is 6.75. The number of ketones is 2. The third kappa shape index (κ3) is 1.48. The molecule has 4 bridgehead atoms. The average Bonchev–Trinajstić information content (AvgIpc) is 3.05. The minimum absolute atomic E-state index is 0.227. The molecule has 0 saturated heterocycles.